The third-order valence-electron chi connectivity index (χ3n) is 2.26. The minimum absolute atomic E-state index is 0.970. The fourth-order valence-electron chi connectivity index (χ4n) is 1.64. The van der Waals surface area contributed by atoms with E-state index in [9.17, 15) is 0 Å². The Bertz CT molecular complexity index is 95.3. The summed E-state index contributed by atoms with van der Waals surface area (Å²) in [4.78, 5) is 2.42. The Balaban J connectivity index is 2.06. The van der Waals surface area contributed by atoms with Crippen LogP contribution in [0.25, 0.3) is 0 Å². The first-order valence-corrected chi connectivity index (χ1v) is 4.75. The van der Waals surface area contributed by atoms with Gasteiger partial charge in [0.1, 0.15) is 0 Å². The standard InChI is InChI=1S/C8H17NS/c1-9-5-4-8(7-9)3-2-6-10/h8,10H,2-7H2,1H3. The van der Waals surface area contributed by atoms with Gasteiger partial charge in [-0.2, -0.15) is 12.6 Å². The second-order valence-corrected chi connectivity index (χ2v) is 3.73. The van der Waals surface area contributed by atoms with E-state index in [-0.39, 0.29) is 0 Å². The summed E-state index contributed by atoms with van der Waals surface area (Å²) in [5.41, 5.74) is 0. The van der Waals surface area contributed by atoms with Gasteiger partial charge in [0, 0.05) is 6.54 Å². The topological polar surface area (TPSA) is 3.24 Å². The molecule has 1 aliphatic rings. The van der Waals surface area contributed by atoms with E-state index in [1.807, 2.05) is 0 Å². The van der Waals surface area contributed by atoms with Gasteiger partial charge >= 0.3 is 0 Å². The smallest absolute Gasteiger partial charge is 0.000709 e. The quantitative estimate of drug-likeness (QED) is 0.613. The first-order chi connectivity index (χ1) is 4.83. The van der Waals surface area contributed by atoms with Gasteiger partial charge in [-0.1, -0.05) is 0 Å². The van der Waals surface area contributed by atoms with Crippen LogP contribution >= 0.6 is 12.6 Å². The molecule has 1 atom stereocenters. The maximum Gasteiger partial charge on any atom is 0.000709 e. The van der Waals surface area contributed by atoms with E-state index in [0.29, 0.717) is 0 Å². The summed E-state index contributed by atoms with van der Waals surface area (Å²) >= 11 is 4.20. The second-order valence-electron chi connectivity index (χ2n) is 3.28. The molecule has 60 valence electrons. The van der Waals surface area contributed by atoms with Crippen molar-refractivity contribution in [1.82, 2.24) is 4.90 Å². The Hall–Kier alpha value is 0.310. The van der Waals surface area contributed by atoms with Crippen molar-refractivity contribution in [2.75, 3.05) is 25.9 Å². The van der Waals surface area contributed by atoms with Crippen LogP contribution in [-0.4, -0.2) is 30.8 Å². The normalized spacial score (nSPS) is 27.6. The molecule has 1 unspecified atom stereocenters. The van der Waals surface area contributed by atoms with Crippen LogP contribution in [0.15, 0.2) is 0 Å². The van der Waals surface area contributed by atoms with Crippen LogP contribution in [0.1, 0.15) is 19.3 Å². The summed E-state index contributed by atoms with van der Waals surface area (Å²) in [6, 6.07) is 0. The predicted octanol–water partition coefficient (Wildman–Crippen LogP) is 1.65. The molecule has 0 spiro atoms. The van der Waals surface area contributed by atoms with Crippen LogP contribution < -0.4 is 0 Å². The lowest BCUT2D eigenvalue weighted by atomic mass is 10.0. The lowest BCUT2D eigenvalue weighted by molar-refractivity contribution is 0.387. The average Bonchev–Trinajstić information content (AvgIpc) is 2.31. The summed E-state index contributed by atoms with van der Waals surface area (Å²) in [5, 5.41) is 0. The highest BCUT2D eigenvalue weighted by Gasteiger charge is 2.17. The predicted molar refractivity (Wildman–Crippen MR) is 48.7 cm³/mol. The first kappa shape index (κ1) is 8.41. The largest absolute Gasteiger partial charge is 0.306 e. The van der Waals surface area contributed by atoms with E-state index in [1.165, 1.54) is 32.4 Å². The van der Waals surface area contributed by atoms with Crippen molar-refractivity contribution in [2.45, 2.75) is 19.3 Å². The van der Waals surface area contributed by atoms with Crippen molar-refractivity contribution in [1.29, 1.82) is 0 Å². The van der Waals surface area contributed by atoms with Gasteiger partial charge in [-0.15, -0.1) is 0 Å². The molecular formula is C8H17NS. The van der Waals surface area contributed by atoms with Crippen LogP contribution in [0.4, 0.5) is 0 Å². The highest BCUT2D eigenvalue weighted by atomic mass is 32.1. The van der Waals surface area contributed by atoms with Crippen molar-refractivity contribution in [2.24, 2.45) is 5.92 Å². The molecule has 0 radical (unpaired) electrons. The highest BCUT2D eigenvalue weighted by Crippen LogP contribution is 2.19. The number of likely N-dealkylation sites (tertiary alicyclic amines) is 1. The van der Waals surface area contributed by atoms with Gasteiger partial charge in [-0.05, 0) is 44.5 Å². The Morgan fingerprint density at radius 2 is 2.40 bits per heavy atom. The fraction of sp³-hybridized carbons (Fsp3) is 1.00. The SMILES string of the molecule is CN1CCC(CCCS)C1. The summed E-state index contributed by atoms with van der Waals surface area (Å²) in [7, 11) is 2.21. The number of thiol groups is 1. The lowest BCUT2D eigenvalue weighted by Gasteiger charge is -2.08. The monoisotopic (exact) mass is 159 g/mol. The zero-order valence-electron chi connectivity index (χ0n) is 6.71. The minimum Gasteiger partial charge on any atom is -0.306 e. The lowest BCUT2D eigenvalue weighted by Crippen LogP contribution is -2.13. The molecule has 0 aromatic heterocycles. The molecule has 1 saturated heterocycles. The van der Waals surface area contributed by atoms with Gasteiger partial charge in [-0.3, -0.25) is 0 Å². The summed E-state index contributed by atoms with van der Waals surface area (Å²) in [6.45, 7) is 2.62. The Morgan fingerprint density at radius 1 is 1.60 bits per heavy atom. The first-order valence-electron chi connectivity index (χ1n) is 4.12. The summed E-state index contributed by atoms with van der Waals surface area (Å²) < 4.78 is 0. The van der Waals surface area contributed by atoms with E-state index >= 15 is 0 Å². The number of nitrogens with zero attached hydrogens (tertiary/aromatic N) is 1. The van der Waals surface area contributed by atoms with Crippen LogP contribution in [0.3, 0.4) is 0 Å². The van der Waals surface area contributed by atoms with E-state index in [4.69, 9.17) is 0 Å². The van der Waals surface area contributed by atoms with Crippen LogP contribution in [0.2, 0.25) is 0 Å². The van der Waals surface area contributed by atoms with E-state index < -0.39 is 0 Å². The highest BCUT2D eigenvalue weighted by molar-refractivity contribution is 7.80. The van der Waals surface area contributed by atoms with Crippen molar-refractivity contribution in [3.05, 3.63) is 0 Å². The molecule has 0 N–H and O–H groups in total. The van der Waals surface area contributed by atoms with Gasteiger partial charge in [0.2, 0.25) is 0 Å². The zero-order chi connectivity index (χ0) is 7.40. The molecule has 0 saturated carbocycles. The number of hydrogen-bond acceptors (Lipinski definition) is 2. The number of rotatable bonds is 3. The molecule has 0 amide bonds. The van der Waals surface area contributed by atoms with Crippen LogP contribution in [0.5, 0.6) is 0 Å². The molecule has 0 bridgehead atoms. The fourth-order valence-corrected chi connectivity index (χ4v) is 1.82. The molecule has 1 aliphatic heterocycles. The van der Waals surface area contributed by atoms with Crippen LogP contribution in [-0.2, 0) is 0 Å². The molecule has 0 aromatic carbocycles. The third kappa shape index (κ3) is 2.51. The second kappa shape index (κ2) is 4.24. The van der Waals surface area contributed by atoms with Crippen molar-refractivity contribution < 1.29 is 0 Å². The van der Waals surface area contributed by atoms with Crippen molar-refractivity contribution >= 4 is 12.6 Å². The van der Waals surface area contributed by atoms with E-state index in [1.54, 1.807) is 0 Å². The molecule has 1 nitrogen and oxygen atoms in total. The van der Waals surface area contributed by atoms with Gasteiger partial charge < -0.3 is 4.90 Å². The molecule has 2 heteroatoms. The van der Waals surface area contributed by atoms with Crippen LogP contribution in [0, 0.1) is 5.92 Å². The molecule has 1 rings (SSSR count). The zero-order valence-corrected chi connectivity index (χ0v) is 7.61. The van der Waals surface area contributed by atoms with Gasteiger partial charge in [0.25, 0.3) is 0 Å². The Labute approximate surface area is 69.2 Å². The van der Waals surface area contributed by atoms with Gasteiger partial charge in [-0.25, -0.2) is 0 Å². The average molecular weight is 159 g/mol. The van der Waals surface area contributed by atoms with E-state index in [0.717, 1.165) is 11.7 Å². The third-order valence-corrected chi connectivity index (χ3v) is 2.58. The molecule has 0 aromatic rings. The molecule has 1 fully saturated rings. The Kier molecular flexibility index (Phi) is 3.57. The molecule has 0 aliphatic carbocycles. The summed E-state index contributed by atoms with van der Waals surface area (Å²) in [5.74, 6) is 2.03. The Morgan fingerprint density at radius 3 is 2.90 bits per heavy atom. The van der Waals surface area contributed by atoms with Gasteiger partial charge in [0.05, 0.1) is 0 Å². The maximum absolute atomic E-state index is 4.20. The molecular weight excluding hydrogens is 142 g/mol. The van der Waals surface area contributed by atoms with Crippen molar-refractivity contribution in [3.8, 4) is 0 Å². The maximum atomic E-state index is 4.20. The molecule has 10 heavy (non-hydrogen) atoms. The van der Waals surface area contributed by atoms with E-state index in [2.05, 4.69) is 24.6 Å². The number of hydrogen-bond donors (Lipinski definition) is 1. The van der Waals surface area contributed by atoms with Crippen molar-refractivity contribution in [3.63, 3.8) is 0 Å². The summed E-state index contributed by atoms with van der Waals surface area (Å²) in [6.07, 6.45) is 4.08. The molecule has 1 heterocycles. The van der Waals surface area contributed by atoms with Gasteiger partial charge in [0.15, 0.2) is 0 Å². The minimum atomic E-state index is 0.970.